The minimum atomic E-state index is -1.65. The van der Waals surface area contributed by atoms with Crippen LogP contribution in [0.25, 0.3) is 0 Å². The quantitative estimate of drug-likeness (QED) is 0.630. The monoisotopic (exact) mass is 204 g/mol. The van der Waals surface area contributed by atoms with E-state index in [0.717, 1.165) is 0 Å². The number of likely N-dealkylation sites (tertiary alicyclic amines) is 2. The highest BCUT2D eigenvalue weighted by Gasteiger charge is 2.64. The van der Waals surface area contributed by atoms with Crippen LogP contribution in [-0.4, -0.2) is 60.4 Å². The van der Waals surface area contributed by atoms with E-state index in [4.69, 9.17) is 0 Å². The second-order valence-corrected chi connectivity index (χ2v) is 5.10. The third-order valence-corrected chi connectivity index (χ3v) is 3.48. The molecular formula is C10H18F2N2. The molecule has 0 amide bonds. The molecule has 0 aliphatic carbocycles. The van der Waals surface area contributed by atoms with Crippen LogP contribution in [0, 0.1) is 0 Å². The van der Waals surface area contributed by atoms with Crippen molar-refractivity contribution in [3.05, 3.63) is 0 Å². The molecule has 0 aromatic heterocycles. The van der Waals surface area contributed by atoms with Crippen LogP contribution in [0.3, 0.4) is 0 Å². The fourth-order valence-corrected chi connectivity index (χ4v) is 2.64. The highest BCUT2D eigenvalue weighted by molar-refractivity contribution is 5.17. The van der Waals surface area contributed by atoms with Crippen molar-refractivity contribution in [2.24, 2.45) is 0 Å². The second kappa shape index (κ2) is 2.89. The fraction of sp³-hybridized carbons (Fsp3) is 1.00. The van der Waals surface area contributed by atoms with Crippen LogP contribution in [-0.2, 0) is 0 Å². The zero-order valence-electron chi connectivity index (χ0n) is 9.06. The van der Waals surface area contributed by atoms with E-state index in [1.165, 1.54) is 0 Å². The van der Waals surface area contributed by atoms with Crippen molar-refractivity contribution in [1.29, 1.82) is 0 Å². The summed E-state index contributed by atoms with van der Waals surface area (Å²) >= 11 is 0. The number of nitrogens with zero attached hydrogens (tertiary/aromatic N) is 2. The summed E-state index contributed by atoms with van der Waals surface area (Å²) in [6, 6.07) is 0.228. The van der Waals surface area contributed by atoms with Crippen LogP contribution in [0.4, 0.5) is 8.78 Å². The van der Waals surface area contributed by atoms with E-state index < -0.39 is 11.3 Å². The molecule has 0 N–H and O–H groups in total. The SMILES string of the molecule is CC(C)N1CC2(F)CN(C)CC2(F)C1. The molecule has 0 aromatic rings. The summed E-state index contributed by atoms with van der Waals surface area (Å²) in [4.78, 5) is 3.64. The molecule has 0 aromatic carbocycles. The summed E-state index contributed by atoms with van der Waals surface area (Å²) in [5, 5.41) is 0. The van der Waals surface area contributed by atoms with Gasteiger partial charge in [-0.3, -0.25) is 9.80 Å². The Morgan fingerprint density at radius 1 is 1.00 bits per heavy atom. The predicted molar refractivity (Wildman–Crippen MR) is 51.9 cm³/mol. The van der Waals surface area contributed by atoms with Gasteiger partial charge in [-0.05, 0) is 20.9 Å². The van der Waals surface area contributed by atoms with E-state index in [1.54, 1.807) is 11.9 Å². The maximum absolute atomic E-state index is 14.3. The first-order valence-electron chi connectivity index (χ1n) is 5.17. The Balaban J connectivity index is 2.19. The third-order valence-electron chi connectivity index (χ3n) is 3.48. The van der Waals surface area contributed by atoms with Gasteiger partial charge in [-0.25, -0.2) is 8.78 Å². The van der Waals surface area contributed by atoms with Crippen LogP contribution in [0.15, 0.2) is 0 Å². The maximum atomic E-state index is 14.3. The molecule has 2 aliphatic heterocycles. The Morgan fingerprint density at radius 2 is 1.43 bits per heavy atom. The molecule has 4 heteroatoms. The lowest BCUT2D eigenvalue weighted by atomic mass is 9.94. The molecule has 2 nitrogen and oxygen atoms in total. The molecule has 2 unspecified atom stereocenters. The summed E-state index contributed by atoms with van der Waals surface area (Å²) in [6.45, 7) is 4.91. The third kappa shape index (κ3) is 1.27. The standard InChI is InChI=1S/C10H18F2N2/c1-8(2)14-6-9(11)4-13(3)5-10(9,12)7-14/h8H,4-7H2,1-3H3. The molecular weight excluding hydrogens is 186 g/mol. The van der Waals surface area contributed by atoms with E-state index in [9.17, 15) is 8.78 Å². The Labute approximate surface area is 83.9 Å². The van der Waals surface area contributed by atoms with Crippen molar-refractivity contribution in [2.75, 3.05) is 33.2 Å². The van der Waals surface area contributed by atoms with Gasteiger partial charge in [0.25, 0.3) is 0 Å². The molecule has 0 radical (unpaired) electrons. The van der Waals surface area contributed by atoms with Crippen LogP contribution < -0.4 is 0 Å². The van der Waals surface area contributed by atoms with Crippen molar-refractivity contribution in [1.82, 2.24) is 9.80 Å². The van der Waals surface area contributed by atoms with E-state index in [2.05, 4.69) is 0 Å². The average Bonchev–Trinajstić information content (AvgIpc) is 2.33. The summed E-state index contributed by atoms with van der Waals surface area (Å²) < 4.78 is 28.6. The zero-order chi connectivity index (χ0) is 10.6. The number of halogens is 2. The molecule has 2 atom stereocenters. The van der Waals surface area contributed by atoms with E-state index >= 15 is 0 Å². The van der Waals surface area contributed by atoms with Crippen molar-refractivity contribution in [3.63, 3.8) is 0 Å². The van der Waals surface area contributed by atoms with E-state index in [1.807, 2.05) is 18.7 Å². The summed E-state index contributed by atoms with van der Waals surface area (Å²) in [5.41, 5.74) is -3.29. The van der Waals surface area contributed by atoms with Crippen molar-refractivity contribution >= 4 is 0 Å². The molecule has 14 heavy (non-hydrogen) atoms. The van der Waals surface area contributed by atoms with Crippen molar-refractivity contribution in [2.45, 2.75) is 31.2 Å². The van der Waals surface area contributed by atoms with Gasteiger partial charge in [-0.15, -0.1) is 0 Å². The van der Waals surface area contributed by atoms with Crippen LogP contribution >= 0.6 is 0 Å². The molecule has 2 aliphatic rings. The molecule has 2 saturated heterocycles. The first-order valence-corrected chi connectivity index (χ1v) is 5.17. The molecule has 2 fully saturated rings. The Bertz CT molecular complexity index is 226. The average molecular weight is 204 g/mol. The summed E-state index contributed by atoms with van der Waals surface area (Å²) in [6.07, 6.45) is 0. The van der Waals surface area contributed by atoms with Crippen LogP contribution in [0.5, 0.6) is 0 Å². The topological polar surface area (TPSA) is 6.48 Å². The molecule has 2 rings (SSSR count). The van der Waals surface area contributed by atoms with Gasteiger partial charge in [0, 0.05) is 32.2 Å². The lowest BCUT2D eigenvalue weighted by Gasteiger charge is -2.23. The predicted octanol–water partition coefficient (Wildman–Crippen LogP) is 1.07. The number of hydrogen-bond acceptors (Lipinski definition) is 2. The lowest BCUT2D eigenvalue weighted by molar-refractivity contribution is 0.0491. The van der Waals surface area contributed by atoms with Gasteiger partial charge in [0.2, 0.25) is 0 Å². The smallest absolute Gasteiger partial charge is 0.172 e. The van der Waals surface area contributed by atoms with Gasteiger partial charge < -0.3 is 0 Å². The Hall–Kier alpha value is -0.220. The highest BCUT2D eigenvalue weighted by Crippen LogP contribution is 2.44. The number of alkyl halides is 2. The molecule has 0 saturated carbocycles. The Kier molecular flexibility index (Phi) is 2.13. The Morgan fingerprint density at radius 3 is 1.79 bits per heavy atom. The molecule has 0 bridgehead atoms. The van der Waals surface area contributed by atoms with E-state index in [0.29, 0.717) is 0 Å². The van der Waals surface area contributed by atoms with Gasteiger partial charge in [0.1, 0.15) is 0 Å². The summed E-state index contributed by atoms with van der Waals surface area (Å²) in [5.74, 6) is 0. The maximum Gasteiger partial charge on any atom is 0.172 e. The lowest BCUT2D eigenvalue weighted by Crippen LogP contribution is -2.44. The van der Waals surface area contributed by atoms with Crippen LogP contribution in [0.2, 0.25) is 0 Å². The summed E-state index contributed by atoms with van der Waals surface area (Å²) in [7, 11) is 1.78. The molecule has 2 heterocycles. The van der Waals surface area contributed by atoms with E-state index in [-0.39, 0.29) is 32.2 Å². The zero-order valence-corrected chi connectivity index (χ0v) is 9.06. The van der Waals surface area contributed by atoms with Gasteiger partial charge in [-0.1, -0.05) is 0 Å². The number of fused-ring (bicyclic) bond motifs is 1. The minimum Gasteiger partial charge on any atom is -0.300 e. The minimum absolute atomic E-state index is 0.228. The molecule has 82 valence electrons. The van der Waals surface area contributed by atoms with Gasteiger partial charge >= 0.3 is 0 Å². The number of rotatable bonds is 1. The highest BCUT2D eigenvalue weighted by atomic mass is 19.2. The van der Waals surface area contributed by atoms with Gasteiger partial charge in [0.15, 0.2) is 11.3 Å². The normalized spacial score (nSPS) is 45.0. The van der Waals surface area contributed by atoms with Gasteiger partial charge in [-0.2, -0.15) is 0 Å². The fourth-order valence-electron chi connectivity index (χ4n) is 2.64. The van der Waals surface area contributed by atoms with Crippen molar-refractivity contribution < 1.29 is 8.78 Å². The largest absolute Gasteiger partial charge is 0.300 e. The number of hydrogen-bond donors (Lipinski definition) is 0. The van der Waals surface area contributed by atoms with Gasteiger partial charge in [0.05, 0.1) is 0 Å². The first kappa shape index (κ1) is 10.3. The first-order chi connectivity index (χ1) is 6.36. The van der Waals surface area contributed by atoms with Crippen LogP contribution in [0.1, 0.15) is 13.8 Å². The molecule has 0 spiro atoms. The second-order valence-electron chi connectivity index (χ2n) is 5.10. The van der Waals surface area contributed by atoms with Crippen molar-refractivity contribution in [3.8, 4) is 0 Å².